The van der Waals surface area contributed by atoms with Gasteiger partial charge in [-0.25, -0.2) is 0 Å². The van der Waals surface area contributed by atoms with Crippen LogP contribution < -0.4 is 10.1 Å². The van der Waals surface area contributed by atoms with Gasteiger partial charge in [-0.15, -0.1) is 0 Å². The lowest BCUT2D eigenvalue weighted by molar-refractivity contribution is -0.387. The molecule has 132 valence electrons. The first kappa shape index (κ1) is 18.4. The van der Waals surface area contributed by atoms with E-state index in [1.54, 1.807) is 6.07 Å². The minimum atomic E-state index is -0.957. The molecule has 1 N–H and O–H groups in total. The summed E-state index contributed by atoms with van der Waals surface area (Å²) in [6.07, 6.45) is 0.936. The fourth-order valence-corrected chi connectivity index (χ4v) is 2.31. The molecule has 0 spiro atoms. The van der Waals surface area contributed by atoms with Gasteiger partial charge in [0.15, 0.2) is 6.61 Å². The first-order chi connectivity index (χ1) is 11.9. The Morgan fingerprint density at radius 3 is 2.72 bits per heavy atom. The van der Waals surface area contributed by atoms with Crippen LogP contribution in [0.5, 0.6) is 5.75 Å². The van der Waals surface area contributed by atoms with Crippen LogP contribution in [0.15, 0.2) is 42.5 Å². The molecular formula is C18H19FN2O4. The van der Waals surface area contributed by atoms with E-state index in [2.05, 4.69) is 19.2 Å². The third-order valence-electron chi connectivity index (χ3n) is 3.85. The number of ether oxygens (including phenoxy) is 1. The molecule has 0 radical (unpaired) electrons. The fourth-order valence-electron chi connectivity index (χ4n) is 2.31. The third kappa shape index (κ3) is 4.76. The summed E-state index contributed by atoms with van der Waals surface area (Å²) >= 11 is 0. The number of para-hydroxylation sites is 1. The van der Waals surface area contributed by atoms with Crippen LogP contribution in [0.25, 0.3) is 0 Å². The molecule has 2 aromatic rings. The second kappa shape index (κ2) is 8.23. The topological polar surface area (TPSA) is 81.5 Å². The van der Waals surface area contributed by atoms with Gasteiger partial charge in [0.05, 0.1) is 4.92 Å². The number of carbonyl (C=O) groups is 1. The van der Waals surface area contributed by atoms with Gasteiger partial charge in [-0.05, 0) is 36.1 Å². The van der Waals surface area contributed by atoms with Gasteiger partial charge in [-0.3, -0.25) is 14.9 Å². The largest absolute Gasteiger partial charge is 0.483 e. The maximum atomic E-state index is 13.3. The van der Waals surface area contributed by atoms with Crippen molar-refractivity contribution in [1.82, 2.24) is 0 Å². The van der Waals surface area contributed by atoms with Gasteiger partial charge in [0, 0.05) is 11.8 Å². The summed E-state index contributed by atoms with van der Waals surface area (Å²) in [7, 11) is 0. The Labute approximate surface area is 144 Å². The summed E-state index contributed by atoms with van der Waals surface area (Å²) in [6, 6.07) is 10.6. The fraction of sp³-hybridized carbons (Fsp3) is 0.278. The molecule has 2 rings (SSSR count). The average molecular weight is 346 g/mol. The zero-order valence-corrected chi connectivity index (χ0v) is 14.0. The lowest BCUT2D eigenvalue weighted by Gasteiger charge is -2.15. The van der Waals surface area contributed by atoms with Crippen LogP contribution in [0.2, 0.25) is 0 Å². The van der Waals surface area contributed by atoms with E-state index < -0.39 is 22.3 Å². The number of nitrogens with one attached hydrogen (secondary N) is 1. The van der Waals surface area contributed by atoms with Gasteiger partial charge in [0.2, 0.25) is 5.82 Å². The predicted octanol–water partition coefficient (Wildman–Crippen LogP) is 4.26. The summed E-state index contributed by atoms with van der Waals surface area (Å²) in [5, 5.41) is 13.2. The first-order valence-electron chi connectivity index (χ1n) is 7.87. The normalized spacial score (nSPS) is 11.6. The molecule has 1 amide bonds. The monoisotopic (exact) mass is 346 g/mol. The van der Waals surface area contributed by atoms with Crippen molar-refractivity contribution in [2.24, 2.45) is 0 Å². The Morgan fingerprint density at radius 2 is 2.04 bits per heavy atom. The van der Waals surface area contributed by atoms with Crippen molar-refractivity contribution in [3.63, 3.8) is 0 Å². The minimum absolute atomic E-state index is 0.136. The molecule has 7 heteroatoms. The minimum Gasteiger partial charge on any atom is -0.483 e. The SMILES string of the molecule is CCC(C)c1ccccc1OCC(=O)Nc1ccc(F)c([N+](=O)[O-])c1. The highest BCUT2D eigenvalue weighted by Crippen LogP contribution is 2.28. The van der Waals surface area contributed by atoms with Gasteiger partial charge < -0.3 is 10.1 Å². The highest BCUT2D eigenvalue weighted by molar-refractivity contribution is 5.92. The van der Waals surface area contributed by atoms with Crippen molar-refractivity contribution >= 4 is 17.3 Å². The van der Waals surface area contributed by atoms with E-state index in [9.17, 15) is 19.3 Å². The molecule has 0 fully saturated rings. The molecule has 25 heavy (non-hydrogen) atoms. The molecule has 0 aromatic heterocycles. The Hall–Kier alpha value is -2.96. The zero-order valence-electron chi connectivity index (χ0n) is 14.0. The summed E-state index contributed by atoms with van der Waals surface area (Å²) in [5.41, 5.74) is 0.452. The Bertz CT molecular complexity index is 779. The lowest BCUT2D eigenvalue weighted by Crippen LogP contribution is -2.20. The molecule has 0 saturated carbocycles. The number of rotatable bonds is 7. The molecule has 1 atom stereocenters. The van der Waals surface area contributed by atoms with Crippen LogP contribution >= 0.6 is 0 Å². The molecule has 6 nitrogen and oxygen atoms in total. The molecule has 0 heterocycles. The summed E-state index contributed by atoms with van der Waals surface area (Å²) in [6.45, 7) is 3.88. The van der Waals surface area contributed by atoms with E-state index >= 15 is 0 Å². The van der Waals surface area contributed by atoms with Crippen molar-refractivity contribution in [1.29, 1.82) is 0 Å². The van der Waals surface area contributed by atoms with E-state index in [1.165, 1.54) is 6.07 Å². The number of hydrogen-bond acceptors (Lipinski definition) is 4. The van der Waals surface area contributed by atoms with E-state index in [0.29, 0.717) is 11.7 Å². The molecule has 2 aromatic carbocycles. The summed E-state index contributed by atoms with van der Waals surface area (Å²) in [4.78, 5) is 21.9. The Morgan fingerprint density at radius 1 is 1.32 bits per heavy atom. The smallest absolute Gasteiger partial charge is 0.306 e. The van der Waals surface area contributed by atoms with Crippen molar-refractivity contribution in [2.75, 3.05) is 11.9 Å². The number of benzene rings is 2. The second-order valence-electron chi connectivity index (χ2n) is 5.61. The quantitative estimate of drug-likeness (QED) is 0.600. The number of amides is 1. The van der Waals surface area contributed by atoms with Crippen LogP contribution in [0, 0.1) is 15.9 Å². The standard InChI is InChI=1S/C18H19FN2O4/c1-3-12(2)14-6-4-5-7-17(14)25-11-18(22)20-13-8-9-15(19)16(10-13)21(23)24/h4-10,12H,3,11H2,1-2H3,(H,20,22). The maximum Gasteiger partial charge on any atom is 0.306 e. The van der Waals surface area contributed by atoms with Gasteiger partial charge in [-0.2, -0.15) is 4.39 Å². The second-order valence-corrected chi connectivity index (χ2v) is 5.61. The van der Waals surface area contributed by atoms with Gasteiger partial charge in [-0.1, -0.05) is 32.0 Å². The highest BCUT2D eigenvalue weighted by Gasteiger charge is 2.16. The number of nitro groups is 1. The van der Waals surface area contributed by atoms with Crippen LogP contribution in [-0.2, 0) is 4.79 Å². The molecule has 0 aliphatic heterocycles. The molecule has 0 saturated heterocycles. The van der Waals surface area contributed by atoms with Crippen LogP contribution in [0.4, 0.5) is 15.8 Å². The van der Waals surface area contributed by atoms with E-state index in [-0.39, 0.29) is 12.3 Å². The molecule has 0 bridgehead atoms. The first-order valence-corrected chi connectivity index (χ1v) is 7.87. The van der Waals surface area contributed by atoms with Crippen LogP contribution in [-0.4, -0.2) is 17.4 Å². The van der Waals surface area contributed by atoms with Crippen LogP contribution in [0.1, 0.15) is 31.7 Å². The predicted molar refractivity (Wildman–Crippen MR) is 92.3 cm³/mol. The highest BCUT2D eigenvalue weighted by atomic mass is 19.1. The number of nitro benzene ring substituents is 1. The average Bonchev–Trinajstić information content (AvgIpc) is 2.61. The number of carbonyl (C=O) groups excluding carboxylic acids is 1. The molecule has 1 unspecified atom stereocenters. The van der Waals surface area contributed by atoms with Gasteiger partial charge in [0.1, 0.15) is 5.75 Å². The Kier molecular flexibility index (Phi) is 6.05. The van der Waals surface area contributed by atoms with Gasteiger partial charge in [0.25, 0.3) is 5.91 Å². The van der Waals surface area contributed by atoms with E-state index in [1.807, 2.05) is 18.2 Å². The molecule has 0 aliphatic carbocycles. The molecule has 0 aliphatic rings. The van der Waals surface area contributed by atoms with Crippen molar-refractivity contribution < 1.29 is 18.8 Å². The number of hydrogen-bond donors (Lipinski definition) is 1. The van der Waals surface area contributed by atoms with Crippen LogP contribution in [0.3, 0.4) is 0 Å². The molecular weight excluding hydrogens is 327 g/mol. The maximum absolute atomic E-state index is 13.3. The van der Waals surface area contributed by atoms with Crippen molar-refractivity contribution in [3.8, 4) is 5.75 Å². The lowest BCUT2D eigenvalue weighted by atomic mass is 9.98. The van der Waals surface area contributed by atoms with E-state index in [4.69, 9.17) is 4.74 Å². The number of anilines is 1. The summed E-state index contributed by atoms with van der Waals surface area (Å²) in [5.74, 6) is -0.530. The Balaban J connectivity index is 2.03. The van der Waals surface area contributed by atoms with Crippen molar-refractivity contribution in [3.05, 3.63) is 64.0 Å². The van der Waals surface area contributed by atoms with Gasteiger partial charge >= 0.3 is 5.69 Å². The number of halogens is 1. The van der Waals surface area contributed by atoms with Crippen molar-refractivity contribution in [2.45, 2.75) is 26.2 Å². The third-order valence-corrected chi connectivity index (χ3v) is 3.85. The zero-order chi connectivity index (χ0) is 18.4. The summed E-state index contributed by atoms with van der Waals surface area (Å²) < 4.78 is 18.9. The van der Waals surface area contributed by atoms with E-state index in [0.717, 1.165) is 24.1 Å². The number of nitrogens with zero attached hydrogens (tertiary/aromatic N) is 1.